The normalized spacial score (nSPS) is 14.5. The molecule has 0 bridgehead atoms. The fraction of sp³-hybridized carbons (Fsp3) is 0.571. The number of hydrogen-bond donors (Lipinski definition) is 1. The number of nitrogens with one attached hydrogen (secondary N) is 1. The van der Waals surface area contributed by atoms with Gasteiger partial charge in [0.1, 0.15) is 5.82 Å². The smallest absolute Gasteiger partial charge is 0.256 e. The minimum absolute atomic E-state index is 0.00112. The molecule has 0 aliphatic heterocycles. The topological polar surface area (TPSA) is 12.0 Å². The van der Waals surface area contributed by atoms with Gasteiger partial charge >= 0.3 is 0 Å². The highest BCUT2D eigenvalue weighted by Gasteiger charge is 2.26. The molecule has 1 aromatic carbocycles. The lowest BCUT2D eigenvalue weighted by atomic mass is 10.0. The van der Waals surface area contributed by atoms with E-state index in [1.807, 2.05) is 20.8 Å². The molecule has 1 N–H and O–H groups in total. The second kappa shape index (κ2) is 5.75. The third-order valence-electron chi connectivity index (χ3n) is 2.52. The molecule has 5 heteroatoms. The van der Waals surface area contributed by atoms with E-state index in [1.54, 1.807) is 6.92 Å². The number of benzene rings is 1. The molecule has 0 aliphatic carbocycles. The molecule has 0 aliphatic rings. The van der Waals surface area contributed by atoms with Crippen LogP contribution in [0.5, 0.6) is 0 Å². The Morgan fingerprint density at radius 2 is 1.74 bits per heavy atom. The van der Waals surface area contributed by atoms with E-state index in [-0.39, 0.29) is 16.4 Å². The number of rotatable bonds is 4. The zero-order chi connectivity index (χ0) is 14.8. The van der Waals surface area contributed by atoms with Crippen molar-refractivity contribution in [2.24, 2.45) is 0 Å². The van der Waals surface area contributed by atoms with E-state index in [0.717, 1.165) is 13.0 Å². The van der Waals surface area contributed by atoms with Gasteiger partial charge in [-0.2, -0.15) is 0 Å². The van der Waals surface area contributed by atoms with Crippen molar-refractivity contribution in [2.45, 2.75) is 51.3 Å². The SMILES string of the molecule is CC(NSC(C)(C)C)c1ccc(C(C)(F)F)cc1F. The summed E-state index contributed by atoms with van der Waals surface area (Å²) in [5.41, 5.74) is 0.0918. The third kappa shape index (κ3) is 5.07. The number of hydrogen-bond acceptors (Lipinski definition) is 2. The highest BCUT2D eigenvalue weighted by Crippen LogP contribution is 2.30. The van der Waals surface area contributed by atoms with E-state index in [0.29, 0.717) is 5.56 Å². The van der Waals surface area contributed by atoms with E-state index in [9.17, 15) is 13.2 Å². The van der Waals surface area contributed by atoms with Crippen molar-refractivity contribution in [3.05, 3.63) is 35.1 Å². The summed E-state index contributed by atoms with van der Waals surface area (Å²) >= 11 is 1.49. The number of halogens is 3. The molecule has 1 nitrogen and oxygen atoms in total. The van der Waals surface area contributed by atoms with Crippen LogP contribution < -0.4 is 4.72 Å². The predicted molar refractivity (Wildman–Crippen MR) is 74.9 cm³/mol. The maximum Gasteiger partial charge on any atom is 0.270 e. The minimum atomic E-state index is -3.02. The second-order valence-electron chi connectivity index (χ2n) is 5.68. The van der Waals surface area contributed by atoms with Crippen LogP contribution in [0.25, 0.3) is 0 Å². The molecule has 1 aromatic rings. The van der Waals surface area contributed by atoms with Gasteiger partial charge in [0, 0.05) is 28.8 Å². The van der Waals surface area contributed by atoms with E-state index in [4.69, 9.17) is 0 Å². The third-order valence-corrected chi connectivity index (χ3v) is 3.60. The average molecular weight is 291 g/mol. The Hall–Kier alpha value is -0.680. The molecule has 0 amide bonds. The van der Waals surface area contributed by atoms with Gasteiger partial charge in [-0.05, 0) is 33.8 Å². The number of alkyl halides is 2. The van der Waals surface area contributed by atoms with Crippen molar-refractivity contribution in [2.75, 3.05) is 0 Å². The van der Waals surface area contributed by atoms with Crippen molar-refractivity contribution in [1.29, 1.82) is 0 Å². The Balaban J connectivity index is 2.85. The maximum absolute atomic E-state index is 13.9. The molecule has 0 heterocycles. The van der Waals surface area contributed by atoms with Gasteiger partial charge in [-0.15, -0.1) is 0 Å². The summed E-state index contributed by atoms with van der Waals surface area (Å²) in [4.78, 5) is 0. The Morgan fingerprint density at radius 1 is 1.16 bits per heavy atom. The first-order valence-corrected chi connectivity index (χ1v) is 6.93. The molecule has 1 atom stereocenters. The van der Waals surface area contributed by atoms with E-state index in [1.165, 1.54) is 24.1 Å². The van der Waals surface area contributed by atoms with Crippen LogP contribution >= 0.6 is 11.9 Å². The Kier molecular flexibility index (Phi) is 4.96. The van der Waals surface area contributed by atoms with Crippen LogP contribution in [-0.4, -0.2) is 4.75 Å². The average Bonchev–Trinajstić information content (AvgIpc) is 2.23. The van der Waals surface area contributed by atoms with Gasteiger partial charge < -0.3 is 0 Å². The van der Waals surface area contributed by atoms with Crippen molar-refractivity contribution in [3.8, 4) is 0 Å². The highest BCUT2D eigenvalue weighted by atomic mass is 32.2. The van der Waals surface area contributed by atoms with Gasteiger partial charge in [-0.1, -0.05) is 24.1 Å². The van der Waals surface area contributed by atoms with Gasteiger partial charge in [0.2, 0.25) is 0 Å². The summed E-state index contributed by atoms with van der Waals surface area (Å²) < 4.78 is 43.2. The molecular weight excluding hydrogens is 271 g/mol. The lowest BCUT2D eigenvalue weighted by molar-refractivity contribution is 0.0171. The molecule has 1 unspecified atom stereocenters. The van der Waals surface area contributed by atoms with E-state index in [2.05, 4.69) is 4.72 Å². The predicted octanol–water partition coefficient (Wildman–Crippen LogP) is 5.03. The molecular formula is C14H20F3NS. The van der Waals surface area contributed by atoms with Crippen LogP contribution in [0, 0.1) is 5.82 Å². The highest BCUT2D eigenvalue weighted by molar-refractivity contribution is 7.98. The first kappa shape index (κ1) is 16.4. The fourth-order valence-corrected chi connectivity index (χ4v) is 2.14. The van der Waals surface area contributed by atoms with Crippen LogP contribution in [0.1, 0.15) is 51.8 Å². The van der Waals surface area contributed by atoms with Gasteiger partial charge in [0.05, 0.1) is 0 Å². The molecule has 1 rings (SSSR count). The maximum atomic E-state index is 13.9. The molecule has 108 valence electrons. The van der Waals surface area contributed by atoms with E-state index < -0.39 is 11.7 Å². The van der Waals surface area contributed by atoms with Gasteiger partial charge in [0.15, 0.2) is 0 Å². The first-order valence-electron chi connectivity index (χ1n) is 6.12. The van der Waals surface area contributed by atoms with Crippen LogP contribution in [0.4, 0.5) is 13.2 Å². The molecule has 0 fully saturated rings. The van der Waals surface area contributed by atoms with Gasteiger partial charge in [-0.25, -0.2) is 13.2 Å². The fourth-order valence-electron chi connectivity index (χ4n) is 1.48. The van der Waals surface area contributed by atoms with Crippen molar-refractivity contribution in [3.63, 3.8) is 0 Å². The Bertz CT molecular complexity index is 435. The largest absolute Gasteiger partial charge is 0.270 e. The van der Waals surface area contributed by atoms with Gasteiger partial charge in [0.25, 0.3) is 5.92 Å². The van der Waals surface area contributed by atoms with Crippen LogP contribution in [0.3, 0.4) is 0 Å². The molecule has 0 radical (unpaired) electrons. The molecule has 0 spiro atoms. The van der Waals surface area contributed by atoms with Crippen molar-refractivity contribution < 1.29 is 13.2 Å². The first-order chi connectivity index (χ1) is 8.50. The monoisotopic (exact) mass is 291 g/mol. The lowest BCUT2D eigenvalue weighted by Crippen LogP contribution is -2.20. The van der Waals surface area contributed by atoms with Crippen molar-refractivity contribution in [1.82, 2.24) is 4.72 Å². The summed E-state index contributed by atoms with van der Waals surface area (Å²) in [5.74, 6) is -3.62. The van der Waals surface area contributed by atoms with Crippen LogP contribution in [0.2, 0.25) is 0 Å². The Labute approximate surface area is 117 Å². The minimum Gasteiger partial charge on any atom is -0.256 e. The molecule has 0 saturated carbocycles. The molecule has 0 aromatic heterocycles. The zero-order valence-electron chi connectivity index (χ0n) is 11.9. The van der Waals surface area contributed by atoms with E-state index >= 15 is 0 Å². The second-order valence-corrected chi connectivity index (χ2v) is 7.34. The quantitative estimate of drug-likeness (QED) is 0.780. The lowest BCUT2D eigenvalue weighted by Gasteiger charge is -2.22. The standard InChI is InChI=1S/C14H20F3NS/c1-9(18-19-13(2,3)4)11-7-6-10(8-12(11)15)14(5,16)17/h6-9,18H,1-5H3. The zero-order valence-corrected chi connectivity index (χ0v) is 12.7. The summed E-state index contributed by atoms with van der Waals surface area (Å²) in [6.07, 6.45) is 0. The summed E-state index contributed by atoms with van der Waals surface area (Å²) in [7, 11) is 0. The summed E-state index contributed by atoms with van der Waals surface area (Å²) in [6.45, 7) is 8.68. The summed E-state index contributed by atoms with van der Waals surface area (Å²) in [6, 6.07) is 3.36. The van der Waals surface area contributed by atoms with Crippen molar-refractivity contribution >= 4 is 11.9 Å². The summed E-state index contributed by atoms with van der Waals surface area (Å²) in [5, 5.41) is 0. The van der Waals surface area contributed by atoms with Crippen LogP contribution in [-0.2, 0) is 5.92 Å². The van der Waals surface area contributed by atoms with Crippen LogP contribution in [0.15, 0.2) is 18.2 Å². The van der Waals surface area contributed by atoms with Gasteiger partial charge in [-0.3, -0.25) is 4.72 Å². The molecule has 19 heavy (non-hydrogen) atoms. The Morgan fingerprint density at radius 3 is 2.16 bits per heavy atom. The molecule has 0 saturated heterocycles.